The van der Waals surface area contributed by atoms with Gasteiger partial charge in [0.2, 0.25) is 0 Å². The summed E-state index contributed by atoms with van der Waals surface area (Å²) in [6.45, 7) is 1.77. The molecule has 1 aromatic carbocycles. The third-order valence-electron chi connectivity index (χ3n) is 2.03. The number of halogens is 1. The van der Waals surface area contributed by atoms with Crippen molar-refractivity contribution in [3.05, 3.63) is 29.3 Å². The lowest BCUT2D eigenvalue weighted by molar-refractivity contribution is 0.141. The van der Waals surface area contributed by atoms with Gasteiger partial charge in [-0.25, -0.2) is 10.3 Å². The van der Waals surface area contributed by atoms with E-state index in [0.29, 0.717) is 18.6 Å². The van der Waals surface area contributed by atoms with Crippen LogP contribution in [0, 0.1) is 0 Å². The Kier molecular flexibility index (Phi) is 3.85. The van der Waals surface area contributed by atoms with Gasteiger partial charge in [-0.1, -0.05) is 6.07 Å². The summed E-state index contributed by atoms with van der Waals surface area (Å²) in [5, 5.41) is 9.33. The maximum atomic E-state index is 13.0. The SMILES string of the molecule is CC(F)c1cc(CCON)ccc1O. The van der Waals surface area contributed by atoms with Crippen molar-refractivity contribution in [3.63, 3.8) is 0 Å². The van der Waals surface area contributed by atoms with Crippen LogP contribution in [0.3, 0.4) is 0 Å². The van der Waals surface area contributed by atoms with Gasteiger partial charge in [-0.3, -0.25) is 0 Å². The van der Waals surface area contributed by atoms with Gasteiger partial charge in [0.05, 0.1) is 6.61 Å². The maximum absolute atomic E-state index is 13.0. The summed E-state index contributed by atoms with van der Waals surface area (Å²) in [6, 6.07) is 4.83. The fourth-order valence-electron chi connectivity index (χ4n) is 1.25. The Morgan fingerprint density at radius 3 is 2.86 bits per heavy atom. The van der Waals surface area contributed by atoms with Crippen molar-refractivity contribution in [2.45, 2.75) is 19.5 Å². The molecule has 0 aliphatic rings. The van der Waals surface area contributed by atoms with Crippen molar-refractivity contribution in [1.29, 1.82) is 0 Å². The Labute approximate surface area is 82.3 Å². The molecule has 0 saturated heterocycles. The monoisotopic (exact) mass is 199 g/mol. The van der Waals surface area contributed by atoms with Gasteiger partial charge in [0.25, 0.3) is 0 Å². The summed E-state index contributed by atoms with van der Waals surface area (Å²) in [5.41, 5.74) is 1.20. The molecule has 1 atom stereocenters. The molecule has 14 heavy (non-hydrogen) atoms. The number of benzene rings is 1. The quantitative estimate of drug-likeness (QED) is 0.727. The zero-order valence-electron chi connectivity index (χ0n) is 8.03. The molecule has 1 rings (SSSR count). The van der Waals surface area contributed by atoms with Gasteiger partial charge in [-0.15, -0.1) is 0 Å². The molecule has 0 saturated carbocycles. The summed E-state index contributed by atoms with van der Waals surface area (Å²) in [7, 11) is 0. The summed E-state index contributed by atoms with van der Waals surface area (Å²) < 4.78 is 13.0. The highest BCUT2D eigenvalue weighted by Crippen LogP contribution is 2.27. The van der Waals surface area contributed by atoms with Crippen molar-refractivity contribution in [2.75, 3.05) is 6.61 Å². The van der Waals surface area contributed by atoms with Crippen LogP contribution in [-0.4, -0.2) is 11.7 Å². The highest BCUT2D eigenvalue weighted by molar-refractivity contribution is 5.37. The Bertz CT molecular complexity index is 302. The predicted molar refractivity (Wildman–Crippen MR) is 51.5 cm³/mol. The van der Waals surface area contributed by atoms with E-state index in [1.807, 2.05) is 0 Å². The molecule has 0 aromatic heterocycles. The van der Waals surface area contributed by atoms with Crippen LogP contribution < -0.4 is 5.90 Å². The number of phenolic OH excluding ortho intramolecular Hbond substituents is 1. The first-order valence-electron chi connectivity index (χ1n) is 4.42. The third kappa shape index (κ3) is 2.68. The average molecular weight is 199 g/mol. The number of phenols is 1. The van der Waals surface area contributed by atoms with Crippen molar-refractivity contribution < 1.29 is 14.3 Å². The van der Waals surface area contributed by atoms with Crippen molar-refractivity contribution in [1.82, 2.24) is 0 Å². The largest absolute Gasteiger partial charge is 0.508 e. The van der Waals surface area contributed by atoms with Crippen LogP contribution in [0.25, 0.3) is 0 Å². The fraction of sp³-hybridized carbons (Fsp3) is 0.400. The molecule has 3 nitrogen and oxygen atoms in total. The Morgan fingerprint density at radius 2 is 2.29 bits per heavy atom. The van der Waals surface area contributed by atoms with E-state index in [1.54, 1.807) is 12.1 Å². The second kappa shape index (κ2) is 4.93. The van der Waals surface area contributed by atoms with E-state index in [-0.39, 0.29) is 5.75 Å². The Balaban J connectivity index is 2.83. The molecule has 0 radical (unpaired) electrons. The van der Waals surface area contributed by atoms with Crippen LogP contribution >= 0.6 is 0 Å². The molecule has 3 N–H and O–H groups in total. The van der Waals surface area contributed by atoms with Gasteiger partial charge in [0.1, 0.15) is 11.9 Å². The summed E-state index contributed by atoms with van der Waals surface area (Å²) in [5.74, 6) is 4.86. The number of rotatable bonds is 4. The van der Waals surface area contributed by atoms with E-state index in [1.165, 1.54) is 13.0 Å². The van der Waals surface area contributed by atoms with E-state index < -0.39 is 6.17 Å². The van der Waals surface area contributed by atoms with Crippen LogP contribution in [0.4, 0.5) is 4.39 Å². The maximum Gasteiger partial charge on any atom is 0.126 e. The number of nitrogens with two attached hydrogens (primary N) is 1. The molecule has 1 aromatic rings. The van der Waals surface area contributed by atoms with E-state index in [0.717, 1.165) is 5.56 Å². The second-order valence-corrected chi connectivity index (χ2v) is 3.13. The molecular formula is C10H14FNO2. The van der Waals surface area contributed by atoms with Gasteiger partial charge in [-0.05, 0) is 31.0 Å². The van der Waals surface area contributed by atoms with Gasteiger partial charge < -0.3 is 9.94 Å². The Morgan fingerprint density at radius 1 is 1.57 bits per heavy atom. The Hall–Kier alpha value is -1.13. The van der Waals surface area contributed by atoms with Crippen molar-refractivity contribution in [2.24, 2.45) is 5.90 Å². The molecule has 0 spiro atoms. The summed E-state index contributed by atoms with van der Waals surface area (Å²) in [4.78, 5) is 4.42. The van der Waals surface area contributed by atoms with E-state index in [4.69, 9.17) is 5.90 Å². The smallest absolute Gasteiger partial charge is 0.126 e. The number of hydrogen-bond donors (Lipinski definition) is 2. The first kappa shape index (κ1) is 10.9. The summed E-state index contributed by atoms with van der Waals surface area (Å²) >= 11 is 0. The molecule has 0 fully saturated rings. The normalized spacial score (nSPS) is 12.8. The molecule has 0 heterocycles. The van der Waals surface area contributed by atoms with E-state index in [9.17, 15) is 9.50 Å². The van der Waals surface area contributed by atoms with E-state index in [2.05, 4.69) is 4.84 Å². The third-order valence-corrected chi connectivity index (χ3v) is 2.03. The minimum atomic E-state index is -1.17. The number of hydrogen-bond acceptors (Lipinski definition) is 3. The second-order valence-electron chi connectivity index (χ2n) is 3.13. The van der Waals surface area contributed by atoms with Gasteiger partial charge in [0.15, 0.2) is 0 Å². The minimum Gasteiger partial charge on any atom is -0.508 e. The molecule has 0 aliphatic carbocycles. The van der Waals surface area contributed by atoms with E-state index >= 15 is 0 Å². The number of alkyl halides is 1. The topological polar surface area (TPSA) is 55.5 Å². The first-order chi connectivity index (χ1) is 6.65. The predicted octanol–water partition coefficient (Wildman–Crippen LogP) is 1.86. The minimum absolute atomic E-state index is 0.0163. The molecule has 0 aliphatic heterocycles. The molecular weight excluding hydrogens is 185 g/mol. The van der Waals surface area contributed by atoms with Crippen LogP contribution in [0.2, 0.25) is 0 Å². The lowest BCUT2D eigenvalue weighted by atomic mass is 10.0. The van der Waals surface area contributed by atoms with Crippen molar-refractivity contribution >= 4 is 0 Å². The highest BCUT2D eigenvalue weighted by atomic mass is 19.1. The molecule has 4 heteroatoms. The van der Waals surface area contributed by atoms with Crippen LogP contribution in [0.1, 0.15) is 24.2 Å². The molecule has 1 unspecified atom stereocenters. The first-order valence-corrected chi connectivity index (χ1v) is 4.42. The van der Waals surface area contributed by atoms with Crippen molar-refractivity contribution in [3.8, 4) is 5.75 Å². The highest BCUT2D eigenvalue weighted by Gasteiger charge is 2.09. The lowest BCUT2D eigenvalue weighted by Crippen LogP contribution is -2.04. The van der Waals surface area contributed by atoms with Gasteiger partial charge in [-0.2, -0.15) is 0 Å². The van der Waals surface area contributed by atoms with Crippen LogP contribution in [0.15, 0.2) is 18.2 Å². The van der Waals surface area contributed by atoms with Crippen LogP contribution in [-0.2, 0) is 11.3 Å². The standard InChI is InChI=1S/C10H14FNO2/c1-7(11)9-6-8(4-5-14-12)2-3-10(9)13/h2-3,6-7,13H,4-5,12H2,1H3. The fourth-order valence-corrected chi connectivity index (χ4v) is 1.25. The summed E-state index contributed by atoms with van der Waals surface area (Å²) in [6.07, 6.45) is -0.565. The zero-order chi connectivity index (χ0) is 10.6. The van der Waals surface area contributed by atoms with Gasteiger partial charge >= 0.3 is 0 Å². The average Bonchev–Trinajstić information content (AvgIpc) is 2.16. The molecule has 0 amide bonds. The molecule has 0 bridgehead atoms. The van der Waals surface area contributed by atoms with Gasteiger partial charge in [0, 0.05) is 5.56 Å². The van der Waals surface area contributed by atoms with Crippen LogP contribution in [0.5, 0.6) is 5.75 Å². The zero-order valence-corrected chi connectivity index (χ0v) is 8.03. The molecule has 78 valence electrons. The lowest BCUT2D eigenvalue weighted by Gasteiger charge is -2.08. The number of aromatic hydroxyl groups is 1.